The highest BCUT2D eigenvalue weighted by molar-refractivity contribution is 5.89. The van der Waals surface area contributed by atoms with Crippen LogP contribution in [0.4, 0.5) is 0 Å². The van der Waals surface area contributed by atoms with Gasteiger partial charge in [0.15, 0.2) is 0 Å². The summed E-state index contributed by atoms with van der Waals surface area (Å²) in [6.07, 6.45) is 13.6. The summed E-state index contributed by atoms with van der Waals surface area (Å²) in [7, 11) is 0. The van der Waals surface area contributed by atoms with Crippen LogP contribution in [0.25, 0.3) is 0 Å². The zero-order chi connectivity index (χ0) is 18.0. The second kappa shape index (κ2) is 5.60. The molecule has 140 valence electrons. The maximum Gasteiger partial charge on any atom is 0.243 e. The number of amides is 1. The van der Waals surface area contributed by atoms with Crippen molar-refractivity contribution in [3.63, 3.8) is 0 Å². The van der Waals surface area contributed by atoms with Gasteiger partial charge < -0.3 is 5.32 Å². The van der Waals surface area contributed by atoms with Crippen molar-refractivity contribution in [2.75, 3.05) is 0 Å². The lowest BCUT2D eigenvalue weighted by atomic mass is 9.41. The molecule has 0 bridgehead atoms. The molecule has 1 aliphatic heterocycles. The Bertz CT molecular complexity index is 595. The molecule has 0 aromatic carbocycles. The van der Waals surface area contributed by atoms with E-state index in [0.29, 0.717) is 16.9 Å². The quantitative estimate of drug-likeness (QED) is 0.721. The van der Waals surface area contributed by atoms with Gasteiger partial charge >= 0.3 is 0 Å². The molecule has 2 unspecified atom stereocenters. The first-order chi connectivity index (χ1) is 11.7. The Morgan fingerprint density at radius 3 is 2.64 bits per heavy atom. The number of carbonyl (C=O) groups excluding carboxylic acids is 1. The van der Waals surface area contributed by atoms with E-state index in [1.807, 2.05) is 6.08 Å². The van der Waals surface area contributed by atoms with Gasteiger partial charge in [0.2, 0.25) is 5.91 Å². The largest absolute Gasteiger partial charge is 0.349 e. The van der Waals surface area contributed by atoms with Gasteiger partial charge in [-0.25, -0.2) is 0 Å². The van der Waals surface area contributed by atoms with E-state index in [1.165, 1.54) is 38.5 Å². The fraction of sp³-hybridized carbons (Fsp3) is 0.870. The van der Waals surface area contributed by atoms with Crippen molar-refractivity contribution in [3.8, 4) is 0 Å². The van der Waals surface area contributed by atoms with Gasteiger partial charge in [-0.3, -0.25) is 4.79 Å². The highest BCUT2D eigenvalue weighted by Crippen LogP contribution is 2.68. The fourth-order valence-corrected chi connectivity index (χ4v) is 7.95. The summed E-state index contributed by atoms with van der Waals surface area (Å²) < 4.78 is 0. The van der Waals surface area contributed by atoms with Gasteiger partial charge in [0, 0.05) is 11.5 Å². The van der Waals surface area contributed by atoms with Crippen molar-refractivity contribution in [3.05, 3.63) is 12.2 Å². The Morgan fingerprint density at radius 1 is 1.16 bits per heavy atom. The first kappa shape index (κ1) is 17.6. The molecule has 4 aliphatic rings. The number of carbonyl (C=O) groups is 1. The molecule has 25 heavy (non-hydrogen) atoms. The van der Waals surface area contributed by atoms with Crippen molar-refractivity contribution in [2.24, 2.45) is 39.9 Å². The predicted molar refractivity (Wildman–Crippen MR) is 103 cm³/mol. The summed E-state index contributed by atoms with van der Waals surface area (Å²) >= 11 is 0. The zero-order valence-corrected chi connectivity index (χ0v) is 16.9. The first-order valence-electron chi connectivity index (χ1n) is 10.7. The van der Waals surface area contributed by atoms with Gasteiger partial charge in [0.1, 0.15) is 0 Å². The predicted octanol–water partition coefficient (Wildman–Crippen LogP) is 5.34. The standard InChI is InChI=1S/C23H37NO/c1-15(2)13-22(4)14-18-23(5,12-9-19(25)24-18)17-8-11-21(3)10-6-7-16(21)20(17)22/h9,12,15-18,20H,6-8,10-11,13-14H2,1-5H3,(H,24,25)/t16-,17+,18?,20-,21-,22?,23+/m0/s1. The lowest BCUT2D eigenvalue weighted by molar-refractivity contribution is -0.142. The molecule has 3 fully saturated rings. The van der Waals surface area contributed by atoms with Crippen molar-refractivity contribution in [1.82, 2.24) is 5.32 Å². The Balaban J connectivity index is 1.79. The SMILES string of the molecule is CC(C)CC1(C)CC2NC(=O)C=C[C@]2(C)[C@@H]2CC[C@]3(C)CCC[C@H]3[C@@H]21. The summed E-state index contributed by atoms with van der Waals surface area (Å²) in [5, 5.41) is 3.36. The molecule has 7 atom stereocenters. The van der Waals surface area contributed by atoms with Crippen LogP contribution in [-0.2, 0) is 4.79 Å². The van der Waals surface area contributed by atoms with Crippen LogP contribution in [0, 0.1) is 39.9 Å². The van der Waals surface area contributed by atoms with Crippen molar-refractivity contribution < 1.29 is 4.79 Å². The molecule has 0 spiro atoms. The van der Waals surface area contributed by atoms with Gasteiger partial charge in [0.05, 0.1) is 0 Å². The topological polar surface area (TPSA) is 29.1 Å². The molecule has 1 N–H and O–H groups in total. The number of hydrogen-bond acceptors (Lipinski definition) is 1. The Kier molecular flexibility index (Phi) is 3.95. The molecule has 0 aromatic rings. The van der Waals surface area contributed by atoms with Crippen LogP contribution in [-0.4, -0.2) is 11.9 Å². The summed E-state index contributed by atoms with van der Waals surface area (Å²) in [5.41, 5.74) is 1.08. The van der Waals surface area contributed by atoms with E-state index in [9.17, 15) is 4.79 Å². The van der Waals surface area contributed by atoms with E-state index in [4.69, 9.17) is 0 Å². The molecule has 0 saturated heterocycles. The van der Waals surface area contributed by atoms with Crippen LogP contribution in [0.1, 0.15) is 79.6 Å². The number of rotatable bonds is 2. The summed E-state index contributed by atoms with van der Waals surface area (Å²) in [6.45, 7) is 12.4. The van der Waals surface area contributed by atoms with Gasteiger partial charge in [-0.1, -0.05) is 47.1 Å². The van der Waals surface area contributed by atoms with Gasteiger partial charge in [-0.05, 0) is 79.1 Å². The molecule has 0 radical (unpaired) electrons. The molecule has 2 heteroatoms. The van der Waals surface area contributed by atoms with E-state index >= 15 is 0 Å². The molecule has 0 aromatic heterocycles. The third-order valence-electron chi connectivity index (χ3n) is 8.86. The van der Waals surface area contributed by atoms with E-state index in [2.05, 4.69) is 46.0 Å². The highest BCUT2D eigenvalue weighted by Gasteiger charge is 2.63. The van der Waals surface area contributed by atoms with Crippen molar-refractivity contribution >= 4 is 5.91 Å². The highest BCUT2D eigenvalue weighted by atomic mass is 16.1. The van der Waals surface area contributed by atoms with E-state index in [1.54, 1.807) is 0 Å². The second-order valence-electron chi connectivity index (χ2n) is 11.0. The van der Waals surface area contributed by atoms with Crippen LogP contribution in [0.2, 0.25) is 0 Å². The lowest BCUT2D eigenvalue weighted by Crippen LogP contribution is -2.64. The van der Waals surface area contributed by atoms with Crippen LogP contribution < -0.4 is 5.32 Å². The lowest BCUT2D eigenvalue weighted by Gasteiger charge is -2.64. The second-order valence-corrected chi connectivity index (χ2v) is 11.0. The normalized spacial score (nSPS) is 51.7. The molecular weight excluding hydrogens is 306 g/mol. The smallest absolute Gasteiger partial charge is 0.243 e. The van der Waals surface area contributed by atoms with E-state index < -0.39 is 0 Å². The number of nitrogens with one attached hydrogen (secondary N) is 1. The van der Waals surface area contributed by atoms with Gasteiger partial charge in [0.25, 0.3) is 0 Å². The van der Waals surface area contributed by atoms with Crippen LogP contribution in [0.15, 0.2) is 12.2 Å². The minimum absolute atomic E-state index is 0.120. The molecule has 2 nitrogen and oxygen atoms in total. The maximum absolute atomic E-state index is 12.1. The third kappa shape index (κ3) is 2.53. The van der Waals surface area contributed by atoms with Crippen LogP contribution in [0.5, 0.6) is 0 Å². The molecule has 1 heterocycles. The monoisotopic (exact) mass is 343 g/mol. The fourth-order valence-electron chi connectivity index (χ4n) is 7.95. The average Bonchev–Trinajstić information content (AvgIpc) is 2.90. The average molecular weight is 344 g/mol. The maximum atomic E-state index is 12.1. The van der Waals surface area contributed by atoms with Crippen molar-refractivity contribution in [2.45, 2.75) is 85.6 Å². The van der Waals surface area contributed by atoms with Crippen LogP contribution in [0.3, 0.4) is 0 Å². The van der Waals surface area contributed by atoms with E-state index in [-0.39, 0.29) is 11.3 Å². The molecule has 3 saturated carbocycles. The molecule has 1 amide bonds. The molecule has 4 rings (SSSR count). The third-order valence-corrected chi connectivity index (χ3v) is 8.86. The van der Waals surface area contributed by atoms with Crippen LogP contribution >= 0.6 is 0 Å². The van der Waals surface area contributed by atoms with Gasteiger partial charge in [-0.2, -0.15) is 0 Å². The Labute approximate surface area is 154 Å². The molecular formula is C23H37NO. The first-order valence-corrected chi connectivity index (χ1v) is 10.7. The summed E-state index contributed by atoms with van der Waals surface area (Å²) in [5.74, 6) is 3.27. The van der Waals surface area contributed by atoms with E-state index in [0.717, 1.165) is 30.1 Å². The number of hydrogen-bond donors (Lipinski definition) is 1. The number of fused-ring (bicyclic) bond motifs is 5. The Hall–Kier alpha value is -0.790. The zero-order valence-electron chi connectivity index (χ0n) is 16.9. The minimum Gasteiger partial charge on any atom is -0.349 e. The summed E-state index contributed by atoms with van der Waals surface area (Å²) in [6, 6.07) is 0.320. The van der Waals surface area contributed by atoms with Crippen molar-refractivity contribution in [1.29, 1.82) is 0 Å². The summed E-state index contributed by atoms with van der Waals surface area (Å²) in [4.78, 5) is 12.1. The Morgan fingerprint density at radius 2 is 1.92 bits per heavy atom. The van der Waals surface area contributed by atoms with Gasteiger partial charge in [-0.15, -0.1) is 0 Å². The molecule has 3 aliphatic carbocycles. The minimum atomic E-state index is 0.120.